The zero-order valence-corrected chi connectivity index (χ0v) is 13.9. The van der Waals surface area contributed by atoms with Crippen molar-refractivity contribution in [2.75, 3.05) is 33.5 Å². The third-order valence-electron chi connectivity index (χ3n) is 4.40. The Morgan fingerprint density at radius 3 is 2.26 bits per heavy atom. The summed E-state index contributed by atoms with van der Waals surface area (Å²) in [6.07, 6.45) is 1.81. The van der Waals surface area contributed by atoms with Crippen LogP contribution in [-0.4, -0.2) is 45.9 Å². The second-order valence-electron chi connectivity index (χ2n) is 6.16. The van der Waals surface area contributed by atoms with Crippen molar-refractivity contribution < 1.29 is 23.7 Å². The summed E-state index contributed by atoms with van der Waals surface area (Å²) >= 11 is 0. The molecule has 0 bridgehead atoms. The zero-order valence-electron chi connectivity index (χ0n) is 13.9. The summed E-state index contributed by atoms with van der Waals surface area (Å²) in [7, 11) is 1.66. The van der Waals surface area contributed by atoms with Gasteiger partial charge in [-0.3, -0.25) is 0 Å². The van der Waals surface area contributed by atoms with Crippen molar-refractivity contribution in [3.8, 4) is 5.75 Å². The fourth-order valence-corrected chi connectivity index (χ4v) is 3.03. The van der Waals surface area contributed by atoms with Crippen LogP contribution in [0.4, 0.5) is 0 Å². The number of ether oxygens (including phenoxy) is 5. The molecule has 2 aliphatic rings. The van der Waals surface area contributed by atoms with Crippen LogP contribution in [0.5, 0.6) is 5.75 Å². The lowest BCUT2D eigenvalue weighted by atomic mass is 10.1. The maximum atomic E-state index is 5.95. The number of hydrogen-bond acceptors (Lipinski definition) is 5. The van der Waals surface area contributed by atoms with Gasteiger partial charge in [-0.15, -0.1) is 0 Å². The summed E-state index contributed by atoms with van der Waals surface area (Å²) in [6, 6.07) is 7.89. The fourth-order valence-electron chi connectivity index (χ4n) is 3.03. The van der Waals surface area contributed by atoms with Gasteiger partial charge in [-0.25, -0.2) is 0 Å². The molecule has 128 valence electrons. The second kappa shape index (κ2) is 8.11. The number of methoxy groups -OCH3 is 1. The molecule has 2 atom stereocenters. The first-order valence-corrected chi connectivity index (χ1v) is 8.40. The SMILES string of the molecule is CCCC1COC([C@H]2CO[C@H](c3ccc(OC)cc3)CO2)OC1. The second-order valence-corrected chi connectivity index (χ2v) is 6.16. The minimum Gasteiger partial charge on any atom is -0.497 e. The standard InChI is InChI=1S/C18H26O5/c1-3-4-13-9-22-18(23-10-13)17-12-20-16(11-21-17)14-5-7-15(19-2)8-6-14/h5-8,13,16-18H,3-4,9-12H2,1-2H3/t13?,16-,17+,18?/m0/s1. The monoisotopic (exact) mass is 322 g/mol. The van der Waals surface area contributed by atoms with Crippen molar-refractivity contribution in [3.05, 3.63) is 29.8 Å². The smallest absolute Gasteiger partial charge is 0.185 e. The average Bonchev–Trinajstić information content (AvgIpc) is 2.63. The van der Waals surface area contributed by atoms with E-state index in [-0.39, 0.29) is 18.5 Å². The molecule has 5 nitrogen and oxygen atoms in total. The maximum Gasteiger partial charge on any atom is 0.185 e. The van der Waals surface area contributed by atoms with Crippen LogP contribution in [0.3, 0.4) is 0 Å². The Morgan fingerprint density at radius 2 is 1.70 bits per heavy atom. The molecular formula is C18H26O5. The minimum atomic E-state index is -0.306. The molecule has 0 unspecified atom stereocenters. The molecular weight excluding hydrogens is 296 g/mol. The van der Waals surface area contributed by atoms with Crippen LogP contribution < -0.4 is 4.74 Å². The molecule has 2 aliphatic heterocycles. The topological polar surface area (TPSA) is 46.2 Å². The van der Waals surface area contributed by atoms with E-state index in [1.807, 2.05) is 24.3 Å². The van der Waals surface area contributed by atoms with Gasteiger partial charge < -0.3 is 23.7 Å². The molecule has 2 fully saturated rings. The van der Waals surface area contributed by atoms with E-state index in [2.05, 4.69) is 6.92 Å². The van der Waals surface area contributed by atoms with Crippen LogP contribution in [0.1, 0.15) is 31.4 Å². The van der Waals surface area contributed by atoms with Crippen molar-refractivity contribution in [1.29, 1.82) is 0 Å². The van der Waals surface area contributed by atoms with Gasteiger partial charge >= 0.3 is 0 Å². The Balaban J connectivity index is 1.46. The highest BCUT2D eigenvalue weighted by atomic mass is 16.7. The predicted octanol–water partition coefficient (Wildman–Crippen LogP) is 2.94. The van der Waals surface area contributed by atoms with E-state index in [0.717, 1.165) is 37.4 Å². The third-order valence-corrected chi connectivity index (χ3v) is 4.40. The quantitative estimate of drug-likeness (QED) is 0.834. The summed E-state index contributed by atoms with van der Waals surface area (Å²) in [6.45, 7) is 4.68. The van der Waals surface area contributed by atoms with Gasteiger partial charge in [0.05, 0.1) is 33.5 Å². The molecule has 1 aromatic carbocycles. The highest BCUT2D eigenvalue weighted by molar-refractivity contribution is 5.28. The first kappa shape index (κ1) is 16.7. The number of benzene rings is 1. The van der Waals surface area contributed by atoms with Gasteiger partial charge in [0.2, 0.25) is 0 Å². The lowest BCUT2D eigenvalue weighted by Gasteiger charge is -2.37. The summed E-state index contributed by atoms with van der Waals surface area (Å²) in [5.74, 6) is 1.35. The number of rotatable bonds is 5. The lowest BCUT2D eigenvalue weighted by molar-refractivity contribution is -0.279. The van der Waals surface area contributed by atoms with E-state index < -0.39 is 0 Å². The minimum absolute atomic E-state index is 0.0476. The summed E-state index contributed by atoms with van der Waals surface area (Å²) in [4.78, 5) is 0. The van der Waals surface area contributed by atoms with E-state index in [9.17, 15) is 0 Å². The Morgan fingerprint density at radius 1 is 0.957 bits per heavy atom. The first-order chi connectivity index (χ1) is 11.3. The third kappa shape index (κ3) is 4.23. The Kier molecular flexibility index (Phi) is 5.89. The molecule has 0 spiro atoms. The zero-order chi connectivity index (χ0) is 16.1. The van der Waals surface area contributed by atoms with Gasteiger partial charge in [0.15, 0.2) is 6.29 Å². The van der Waals surface area contributed by atoms with Gasteiger partial charge in [-0.1, -0.05) is 25.5 Å². The Bertz CT molecular complexity index is 459. The van der Waals surface area contributed by atoms with Gasteiger partial charge in [0.25, 0.3) is 0 Å². The van der Waals surface area contributed by atoms with E-state index >= 15 is 0 Å². The molecule has 0 aromatic heterocycles. The lowest BCUT2D eigenvalue weighted by Crippen LogP contribution is -2.46. The molecule has 1 aromatic rings. The Labute approximate surface area is 137 Å². The van der Waals surface area contributed by atoms with Crippen LogP contribution >= 0.6 is 0 Å². The van der Waals surface area contributed by atoms with E-state index in [4.69, 9.17) is 23.7 Å². The summed E-state index contributed by atoms with van der Waals surface area (Å²) in [5.41, 5.74) is 1.10. The molecule has 2 saturated heterocycles. The fraction of sp³-hybridized carbons (Fsp3) is 0.667. The van der Waals surface area contributed by atoms with E-state index in [1.165, 1.54) is 0 Å². The Hall–Kier alpha value is -1.14. The first-order valence-electron chi connectivity index (χ1n) is 8.40. The molecule has 5 heteroatoms. The van der Waals surface area contributed by atoms with Crippen molar-refractivity contribution in [3.63, 3.8) is 0 Å². The maximum absolute atomic E-state index is 5.95. The highest BCUT2D eigenvalue weighted by Gasteiger charge is 2.34. The molecule has 3 rings (SSSR count). The molecule has 23 heavy (non-hydrogen) atoms. The molecule has 2 heterocycles. The highest BCUT2D eigenvalue weighted by Crippen LogP contribution is 2.28. The van der Waals surface area contributed by atoms with Crippen LogP contribution in [-0.2, 0) is 18.9 Å². The largest absolute Gasteiger partial charge is 0.497 e. The molecule has 0 amide bonds. The van der Waals surface area contributed by atoms with Crippen molar-refractivity contribution in [2.45, 2.75) is 38.3 Å². The van der Waals surface area contributed by atoms with Gasteiger partial charge in [-0.05, 0) is 24.1 Å². The van der Waals surface area contributed by atoms with Gasteiger partial charge in [0, 0.05) is 5.92 Å². The molecule has 0 saturated carbocycles. The van der Waals surface area contributed by atoms with Crippen molar-refractivity contribution in [1.82, 2.24) is 0 Å². The van der Waals surface area contributed by atoms with E-state index in [1.54, 1.807) is 7.11 Å². The van der Waals surface area contributed by atoms with Crippen molar-refractivity contribution in [2.24, 2.45) is 5.92 Å². The molecule has 0 aliphatic carbocycles. The van der Waals surface area contributed by atoms with Gasteiger partial charge in [0.1, 0.15) is 18.0 Å². The van der Waals surface area contributed by atoms with Gasteiger partial charge in [-0.2, -0.15) is 0 Å². The number of hydrogen-bond donors (Lipinski definition) is 0. The van der Waals surface area contributed by atoms with Crippen LogP contribution in [0.2, 0.25) is 0 Å². The van der Waals surface area contributed by atoms with Crippen LogP contribution in [0.15, 0.2) is 24.3 Å². The molecule has 0 radical (unpaired) electrons. The van der Waals surface area contributed by atoms with Crippen molar-refractivity contribution >= 4 is 0 Å². The molecule has 0 N–H and O–H groups in total. The summed E-state index contributed by atoms with van der Waals surface area (Å²) in [5, 5.41) is 0. The van der Waals surface area contributed by atoms with Crippen LogP contribution in [0.25, 0.3) is 0 Å². The predicted molar refractivity (Wildman–Crippen MR) is 85.5 cm³/mol. The summed E-state index contributed by atoms with van der Waals surface area (Å²) < 4.78 is 28.7. The average molecular weight is 322 g/mol. The normalized spacial score (nSPS) is 31.7. The van der Waals surface area contributed by atoms with Crippen LogP contribution in [0, 0.1) is 5.92 Å². The van der Waals surface area contributed by atoms with E-state index in [0.29, 0.717) is 19.1 Å².